The molecule has 1 fully saturated rings. The SMILES string of the molecule is CNC1(N)C2(Oc3c(c(N)c(N)c4oc(N)c(N)c34)C1(N)N)OC(N)(N)C(N)(N)O2. The van der Waals surface area contributed by atoms with E-state index in [9.17, 15) is 0 Å². The molecule has 1 saturated heterocycles. The van der Waals surface area contributed by atoms with E-state index in [-0.39, 0.29) is 45.2 Å². The topological polar surface area (TPSA) is 339 Å². The molecule has 23 N–H and O–H groups in total. The van der Waals surface area contributed by atoms with Crippen LogP contribution < -0.4 is 73.1 Å². The number of rotatable bonds is 1. The number of nitrogen functional groups attached to an aromatic ring is 4. The van der Waals surface area contributed by atoms with Gasteiger partial charge in [0.25, 0.3) is 0 Å². The second-order valence-corrected chi connectivity index (χ2v) is 7.49. The maximum Gasteiger partial charge on any atom is 0.369 e. The third-order valence-electron chi connectivity index (χ3n) is 5.63. The molecule has 0 bridgehead atoms. The van der Waals surface area contributed by atoms with E-state index < -0.39 is 29.0 Å². The van der Waals surface area contributed by atoms with Crippen LogP contribution in [0.15, 0.2) is 4.42 Å². The van der Waals surface area contributed by atoms with Crippen molar-refractivity contribution in [3.05, 3.63) is 5.56 Å². The second-order valence-electron chi connectivity index (χ2n) is 7.49. The molecule has 0 saturated carbocycles. The van der Waals surface area contributed by atoms with Crippen LogP contribution in [0.3, 0.4) is 0 Å². The van der Waals surface area contributed by atoms with Gasteiger partial charge in [0.05, 0.1) is 22.3 Å². The molecule has 1 atom stereocenters. The maximum absolute atomic E-state index is 6.51. The summed E-state index contributed by atoms with van der Waals surface area (Å²) in [7, 11) is 1.39. The van der Waals surface area contributed by atoms with Crippen LogP contribution in [-0.4, -0.2) is 30.4 Å². The fraction of sp³-hybridized carbons (Fsp3) is 0.429. The summed E-state index contributed by atoms with van der Waals surface area (Å²) in [6, 6.07) is 0. The quantitative estimate of drug-likeness (QED) is 0.115. The Morgan fingerprint density at radius 2 is 1.30 bits per heavy atom. The Bertz CT molecular complexity index is 1060. The molecule has 1 aromatic heterocycles. The number of fused-ring (bicyclic) bond motifs is 3. The van der Waals surface area contributed by atoms with Gasteiger partial charge in [-0.2, -0.15) is 0 Å². The average Bonchev–Trinajstić information content (AvgIpc) is 3.01. The van der Waals surface area contributed by atoms with E-state index in [2.05, 4.69) is 5.32 Å². The maximum atomic E-state index is 6.51. The van der Waals surface area contributed by atoms with E-state index in [1.165, 1.54) is 7.05 Å². The van der Waals surface area contributed by atoms with E-state index in [0.29, 0.717) is 0 Å². The fourth-order valence-electron chi connectivity index (χ4n) is 3.75. The van der Waals surface area contributed by atoms with E-state index in [1.807, 2.05) is 0 Å². The molecule has 0 amide bonds. The lowest BCUT2D eigenvalue weighted by Crippen LogP contribution is -2.87. The first-order chi connectivity index (χ1) is 13.6. The number of furan rings is 1. The van der Waals surface area contributed by atoms with Crippen LogP contribution in [0.5, 0.6) is 5.75 Å². The first-order valence-corrected chi connectivity index (χ1v) is 8.56. The number of ether oxygens (including phenoxy) is 3. The minimum Gasteiger partial charge on any atom is -0.436 e. The summed E-state index contributed by atoms with van der Waals surface area (Å²) in [4.78, 5) is 0. The van der Waals surface area contributed by atoms with Crippen molar-refractivity contribution in [1.29, 1.82) is 0 Å². The molecule has 166 valence electrons. The van der Waals surface area contributed by atoms with Gasteiger partial charge in [0.1, 0.15) is 17.1 Å². The molecule has 1 spiro atoms. The van der Waals surface area contributed by atoms with Crippen LogP contribution in [0.1, 0.15) is 5.56 Å². The Morgan fingerprint density at radius 3 is 1.80 bits per heavy atom. The molecule has 30 heavy (non-hydrogen) atoms. The lowest BCUT2D eigenvalue weighted by Gasteiger charge is -2.54. The fourth-order valence-corrected chi connectivity index (χ4v) is 3.75. The minimum absolute atomic E-state index is 0.0118. The van der Waals surface area contributed by atoms with Crippen LogP contribution in [0, 0.1) is 0 Å². The molecule has 4 rings (SSSR count). The standard InChI is InChI=1S/C14H26N12O4/c1-26-11(21)10(19,20)3-5(16)6(17)8-2(4(15)9(18)27-8)7(3)28-14(11)29-12(22,23)13(24,25)30-14/h26H,15-25H2,1H3. The van der Waals surface area contributed by atoms with Gasteiger partial charge in [0.2, 0.25) is 17.6 Å². The van der Waals surface area contributed by atoms with Gasteiger partial charge in [-0.15, -0.1) is 0 Å². The monoisotopic (exact) mass is 426 g/mol. The summed E-state index contributed by atoms with van der Waals surface area (Å²) in [5, 5.41) is 2.78. The molecule has 2 aliphatic rings. The van der Waals surface area contributed by atoms with Crippen molar-refractivity contribution in [2.45, 2.75) is 29.0 Å². The smallest absolute Gasteiger partial charge is 0.369 e. The van der Waals surface area contributed by atoms with Gasteiger partial charge in [0.15, 0.2) is 11.2 Å². The highest BCUT2D eigenvalue weighted by atomic mass is 16.9. The van der Waals surface area contributed by atoms with Gasteiger partial charge in [-0.1, -0.05) is 0 Å². The molecule has 3 heterocycles. The van der Waals surface area contributed by atoms with Gasteiger partial charge in [-0.3, -0.25) is 37.7 Å². The van der Waals surface area contributed by atoms with Crippen molar-refractivity contribution in [3.8, 4) is 5.75 Å². The second kappa shape index (κ2) is 5.34. The molecular weight excluding hydrogens is 400 g/mol. The number of hydrogen-bond donors (Lipinski definition) is 12. The Hall–Kier alpha value is -2.64. The normalized spacial score (nSPS) is 27.9. The van der Waals surface area contributed by atoms with Crippen molar-refractivity contribution in [3.63, 3.8) is 0 Å². The van der Waals surface area contributed by atoms with Gasteiger partial charge in [0, 0.05) is 0 Å². The molecule has 0 aliphatic carbocycles. The lowest BCUT2D eigenvalue weighted by atomic mass is 9.80. The highest BCUT2D eigenvalue weighted by Crippen LogP contribution is 2.57. The molecule has 1 unspecified atom stereocenters. The molecule has 0 radical (unpaired) electrons. The highest BCUT2D eigenvalue weighted by molar-refractivity contribution is 6.10. The van der Waals surface area contributed by atoms with E-state index in [0.717, 1.165) is 0 Å². The van der Waals surface area contributed by atoms with Crippen LogP contribution in [0.4, 0.5) is 22.9 Å². The Morgan fingerprint density at radius 1 is 0.767 bits per heavy atom. The first kappa shape index (κ1) is 20.6. The molecule has 1 aromatic carbocycles. The number of anilines is 4. The van der Waals surface area contributed by atoms with E-state index >= 15 is 0 Å². The van der Waals surface area contributed by atoms with Crippen LogP contribution >= 0.6 is 0 Å². The van der Waals surface area contributed by atoms with Crippen LogP contribution in [0.2, 0.25) is 0 Å². The summed E-state index contributed by atoms with van der Waals surface area (Å²) >= 11 is 0. The Balaban J connectivity index is 2.13. The zero-order chi connectivity index (χ0) is 22.7. The average molecular weight is 426 g/mol. The molecular formula is C14H26N12O4. The highest BCUT2D eigenvalue weighted by Gasteiger charge is 2.77. The van der Waals surface area contributed by atoms with E-state index in [4.69, 9.17) is 81.7 Å². The third-order valence-corrected chi connectivity index (χ3v) is 5.63. The summed E-state index contributed by atoms with van der Waals surface area (Å²) in [6.07, 6.45) is 0. The summed E-state index contributed by atoms with van der Waals surface area (Å²) < 4.78 is 22.6. The number of likely N-dealkylation sites (N-methyl/N-ethyl adjacent to an activating group) is 1. The number of benzene rings is 1. The Labute approximate surface area is 169 Å². The first-order valence-electron chi connectivity index (χ1n) is 8.56. The van der Waals surface area contributed by atoms with Crippen molar-refractivity contribution in [2.75, 3.05) is 30.0 Å². The van der Waals surface area contributed by atoms with Gasteiger partial charge >= 0.3 is 5.97 Å². The van der Waals surface area contributed by atoms with E-state index in [1.54, 1.807) is 0 Å². The zero-order valence-electron chi connectivity index (χ0n) is 16.0. The molecule has 16 heteroatoms. The summed E-state index contributed by atoms with van der Waals surface area (Å²) in [6.45, 7) is 0. The predicted molar refractivity (Wildman–Crippen MR) is 108 cm³/mol. The largest absolute Gasteiger partial charge is 0.436 e. The van der Waals surface area contributed by atoms with Gasteiger partial charge < -0.3 is 49.3 Å². The third kappa shape index (κ3) is 2.02. The Kier molecular flexibility index (Phi) is 3.67. The van der Waals surface area contributed by atoms with Crippen molar-refractivity contribution >= 4 is 33.9 Å². The summed E-state index contributed by atoms with van der Waals surface area (Å²) in [5.41, 5.74) is 62.7. The predicted octanol–water partition coefficient (Wildman–Crippen LogP) is -5.06. The minimum atomic E-state index is -2.46. The zero-order valence-corrected chi connectivity index (χ0v) is 16.0. The number of hydrogen-bond acceptors (Lipinski definition) is 16. The molecule has 2 aromatic rings. The van der Waals surface area contributed by atoms with Crippen molar-refractivity contribution in [1.82, 2.24) is 5.32 Å². The van der Waals surface area contributed by atoms with Crippen LogP contribution in [-0.2, 0) is 15.1 Å². The summed E-state index contributed by atoms with van der Waals surface area (Å²) in [5.74, 6) is -7.35. The number of nitrogens with two attached hydrogens (primary N) is 11. The van der Waals surface area contributed by atoms with Gasteiger partial charge in [-0.05, 0) is 7.05 Å². The lowest BCUT2D eigenvalue weighted by molar-refractivity contribution is -0.369. The number of nitrogens with one attached hydrogen (secondary N) is 1. The van der Waals surface area contributed by atoms with Crippen molar-refractivity contribution in [2.24, 2.45) is 40.1 Å². The van der Waals surface area contributed by atoms with Crippen LogP contribution in [0.25, 0.3) is 11.0 Å². The molecule has 2 aliphatic heterocycles. The van der Waals surface area contributed by atoms with Crippen molar-refractivity contribution < 1.29 is 18.6 Å². The van der Waals surface area contributed by atoms with Gasteiger partial charge in [-0.25, -0.2) is 0 Å². The molecule has 16 nitrogen and oxygen atoms in total.